The van der Waals surface area contributed by atoms with Crippen LogP contribution in [0.5, 0.6) is 0 Å². The molecule has 0 saturated heterocycles. The fourth-order valence-corrected chi connectivity index (χ4v) is 3.86. The van der Waals surface area contributed by atoms with Crippen molar-refractivity contribution in [3.63, 3.8) is 0 Å². The predicted molar refractivity (Wildman–Crippen MR) is 128 cm³/mol. The summed E-state index contributed by atoms with van der Waals surface area (Å²) in [6.45, 7) is 5.78. The Kier molecular flexibility index (Phi) is 15.1. The highest BCUT2D eigenvalue weighted by Crippen LogP contribution is 2.04. The average molecular weight is 451 g/mol. The van der Waals surface area contributed by atoms with Crippen molar-refractivity contribution in [2.45, 2.75) is 123 Å². The Balaban J connectivity index is 2.93. The van der Waals surface area contributed by atoms with Gasteiger partial charge in [0.1, 0.15) is 0 Å². The zero-order chi connectivity index (χ0) is 23.6. The third kappa shape index (κ3) is 9.94. The molecule has 0 unspecified atom stereocenters. The molecule has 182 valence electrons. The lowest BCUT2D eigenvalue weighted by Crippen LogP contribution is -2.54. The summed E-state index contributed by atoms with van der Waals surface area (Å²) >= 11 is 0. The number of hydrogen-bond acceptors (Lipinski definition) is 5. The van der Waals surface area contributed by atoms with Gasteiger partial charge in [0.2, 0.25) is 6.08 Å². The number of nitrogens with zero attached hydrogens (tertiary/aromatic N) is 4. The van der Waals surface area contributed by atoms with Crippen molar-refractivity contribution in [3.8, 4) is 0 Å². The molecule has 0 spiro atoms. The molecule has 32 heavy (non-hydrogen) atoms. The van der Waals surface area contributed by atoms with Crippen LogP contribution in [0.1, 0.15) is 104 Å². The minimum Gasteiger partial charge on any atom is -0.247 e. The highest BCUT2D eigenvalue weighted by atomic mass is 16.2. The molecule has 0 aliphatic carbocycles. The summed E-state index contributed by atoms with van der Waals surface area (Å²) in [7, 11) is 0. The molecule has 8 heteroatoms. The quantitative estimate of drug-likeness (QED) is 0.181. The summed E-state index contributed by atoms with van der Waals surface area (Å²) in [5, 5.41) is 0. The number of unbranched alkanes of at least 4 members (excludes halogenated alkanes) is 11. The van der Waals surface area contributed by atoms with Crippen molar-refractivity contribution < 1.29 is 4.79 Å². The fourth-order valence-electron chi connectivity index (χ4n) is 3.86. The molecule has 0 bridgehead atoms. The first-order valence-electron chi connectivity index (χ1n) is 12.6. The molecule has 0 aliphatic heterocycles. The van der Waals surface area contributed by atoms with Gasteiger partial charge < -0.3 is 0 Å². The van der Waals surface area contributed by atoms with Crippen molar-refractivity contribution in [2.24, 2.45) is 4.99 Å². The van der Waals surface area contributed by atoms with Crippen molar-refractivity contribution in [1.82, 2.24) is 13.7 Å². The second-order valence-electron chi connectivity index (χ2n) is 8.52. The van der Waals surface area contributed by atoms with Crippen LogP contribution in [0.15, 0.2) is 19.4 Å². The summed E-state index contributed by atoms with van der Waals surface area (Å²) < 4.78 is 3.76. The SMILES string of the molecule is CCCCCCCn1c(=O)n(CCCCCCC)c(=O)n(CCCCCCN=C=O)c1=O. The molecular weight excluding hydrogens is 408 g/mol. The van der Waals surface area contributed by atoms with Gasteiger partial charge in [-0.25, -0.2) is 37.9 Å². The number of aromatic nitrogens is 3. The Hall–Kier alpha value is -2.21. The maximum absolute atomic E-state index is 13.0. The molecule has 0 N–H and O–H groups in total. The van der Waals surface area contributed by atoms with Gasteiger partial charge in [0.15, 0.2) is 0 Å². The molecule has 1 aromatic heterocycles. The third-order valence-electron chi connectivity index (χ3n) is 5.82. The van der Waals surface area contributed by atoms with E-state index in [2.05, 4.69) is 18.8 Å². The maximum Gasteiger partial charge on any atom is 0.336 e. The highest BCUT2D eigenvalue weighted by molar-refractivity contribution is 5.32. The van der Waals surface area contributed by atoms with E-state index < -0.39 is 17.1 Å². The van der Waals surface area contributed by atoms with Crippen molar-refractivity contribution in [2.75, 3.05) is 6.54 Å². The number of isocyanates is 1. The van der Waals surface area contributed by atoms with Gasteiger partial charge in [-0.2, -0.15) is 0 Å². The minimum absolute atomic E-state index is 0.306. The van der Waals surface area contributed by atoms with Crippen LogP contribution < -0.4 is 17.1 Å². The Bertz CT molecular complexity index is 810. The minimum atomic E-state index is -0.483. The molecule has 0 aliphatic rings. The molecule has 1 heterocycles. The van der Waals surface area contributed by atoms with Gasteiger partial charge in [-0.1, -0.05) is 78.1 Å². The van der Waals surface area contributed by atoms with E-state index in [1.165, 1.54) is 19.8 Å². The van der Waals surface area contributed by atoms with E-state index in [1.54, 1.807) is 0 Å². The van der Waals surface area contributed by atoms with E-state index in [4.69, 9.17) is 0 Å². The van der Waals surface area contributed by atoms with Crippen LogP contribution >= 0.6 is 0 Å². The van der Waals surface area contributed by atoms with Crippen LogP contribution in [0, 0.1) is 0 Å². The van der Waals surface area contributed by atoms with Crippen LogP contribution in [0.2, 0.25) is 0 Å². The summed E-state index contributed by atoms with van der Waals surface area (Å²) in [5.74, 6) is 0. The number of carbonyl (C=O) groups excluding carboxylic acids is 1. The molecule has 1 rings (SSSR count). The smallest absolute Gasteiger partial charge is 0.247 e. The summed E-state index contributed by atoms with van der Waals surface area (Å²) in [4.78, 5) is 52.5. The number of hydrogen-bond donors (Lipinski definition) is 0. The van der Waals surface area contributed by atoms with Gasteiger partial charge in [0.25, 0.3) is 0 Å². The maximum atomic E-state index is 13.0. The Morgan fingerprint density at radius 1 is 0.562 bits per heavy atom. The second kappa shape index (κ2) is 17.4. The van der Waals surface area contributed by atoms with Crippen molar-refractivity contribution >= 4 is 6.08 Å². The van der Waals surface area contributed by atoms with E-state index in [-0.39, 0.29) is 0 Å². The van der Waals surface area contributed by atoms with Crippen LogP contribution in [0.3, 0.4) is 0 Å². The van der Waals surface area contributed by atoms with Crippen molar-refractivity contribution in [1.29, 1.82) is 0 Å². The largest absolute Gasteiger partial charge is 0.336 e. The van der Waals surface area contributed by atoms with Gasteiger partial charge >= 0.3 is 17.1 Å². The molecule has 1 aromatic rings. The fraction of sp³-hybridized carbons (Fsp3) is 0.833. The first-order chi connectivity index (χ1) is 15.6. The molecule has 0 amide bonds. The number of aliphatic imine (C=N–C) groups is 1. The predicted octanol–water partition coefficient (Wildman–Crippen LogP) is 4.01. The Morgan fingerprint density at radius 2 is 0.906 bits per heavy atom. The first-order valence-corrected chi connectivity index (χ1v) is 12.6. The van der Waals surface area contributed by atoms with Gasteiger partial charge in [-0.3, -0.25) is 0 Å². The average Bonchev–Trinajstić information content (AvgIpc) is 2.78. The lowest BCUT2D eigenvalue weighted by molar-refractivity contribution is 0.412. The van der Waals surface area contributed by atoms with Crippen molar-refractivity contribution in [3.05, 3.63) is 31.5 Å². The van der Waals surface area contributed by atoms with Crippen LogP contribution in [-0.4, -0.2) is 26.3 Å². The molecule has 0 atom stereocenters. The molecule has 0 aromatic carbocycles. The van der Waals surface area contributed by atoms with Crippen LogP contribution in [0.25, 0.3) is 0 Å². The standard InChI is InChI=1S/C24H42N4O4/c1-3-5-7-10-14-18-26-22(30)27(19-15-11-8-6-4-2)24(32)28(23(26)31)20-16-12-9-13-17-25-21-29/h3-20H2,1-2H3. The topological polar surface area (TPSA) is 95.4 Å². The second-order valence-corrected chi connectivity index (χ2v) is 8.52. The number of rotatable bonds is 19. The van der Waals surface area contributed by atoms with Gasteiger partial charge in [-0.05, 0) is 25.7 Å². The highest BCUT2D eigenvalue weighted by Gasteiger charge is 2.15. The Labute approximate surface area is 191 Å². The monoisotopic (exact) mass is 450 g/mol. The van der Waals surface area contributed by atoms with Gasteiger partial charge in [0.05, 0.1) is 6.54 Å². The van der Waals surface area contributed by atoms with E-state index in [9.17, 15) is 19.2 Å². The molecule has 0 fully saturated rings. The van der Waals surface area contributed by atoms with E-state index in [1.807, 2.05) is 0 Å². The lowest BCUT2D eigenvalue weighted by atomic mass is 10.1. The van der Waals surface area contributed by atoms with Gasteiger partial charge in [-0.15, -0.1) is 0 Å². The molecule has 0 radical (unpaired) electrons. The molecule has 8 nitrogen and oxygen atoms in total. The Morgan fingerprint density at radius 3 is 1.25 bits per heavy atom. The normalized spacial score (nSPS) is 10.9. The van der Waals surface area contributed by atoms with E-state index in [0.717, 1.165) is 83.5 Å². The van der Waals surface area contributed by atoms with Gasteiger partial charge in [0, 0.05) is 19.6 Å². The summed E-state index contributed by atoms with van der Waals surface area (Å²) in [5.41, 5.74) is -1.43. The summed E-state index contributed by atoms with van der Waals surface area (Å²) in [6, 6.07) is 0. The van der Waals surface area contributed by atoms with E-state index in [0.29, 0.717) is 32.6 Å². The lowest BCUT2D eigenvalue weighted by Gasteiger charge is -2.14. The zero-order valence-corrected chi connectivity index (χ0v) is 20.1. The molecular formula is C24H42N4O4. The first kappa shape index (κ1) is 27.8. The van der Waals surface area contributed by atoms with Crippen LogP contribution in [0.4, 0.5) is 0 Å². The zero-order valence-electron chi connectivity index (χ0n) is 20.1. The summed E-state index contributed by atoms with van der Waals surface area (Å²) in [6.07, 6.45) is 14.9. The van der Waals surface area contributed by atoms with Crippen LogP contribution in [-0.2, 0) is 24.4 Å². The van der Waals surface area contributed by atoms with E-state index >= 15 is 0 Å². The third-order valence-corrected chi connectivity index (χ3v) is 5.82. The molecule has 0 saturated carbocycles.